The molecule has 6 nitrogen and oxygen atoms in total. The highest BCUT2D eigenvalue weighted by Crippen LogP contribution is 2.21. The maximum atomic E-state index is 12.7. The molecule has 142 valence electrons. The van der Waals surface area contributed by atoms with Gasteiger partial charge in [0.05, 0.1) is 6.10 Å². The minimum atomic E-state index is -0.694. The topological polar surface area (TPSA) is 82.0 Å². The summed E-state index contributed by atoms with van der Waals surface area (Å²) >= 11 is 5.83. The van der Waals surface area contributed by atoms with E-state index in [2.05, 4.69) is 10.3 Å². The van der Waals surface area contributed by atoms with Gasteiger partial charge in [-0.3, -0.25) is 14.6 Å². The van der Waals surface area contributed by atoms with Gasteiger partial charge >= 0.3 is 0 Å². The number of dihydropyridines is 1. The Morgan fingerprint density at radius 3 is 2.81 bits per heavy atom. The molecule has 26 heavy (non-hydrogen) atoms. The molecule has 7 heteroatoms. The molecule has 2 aliphatic heterocycles. The van der Waals surface area contributed by atoms with Crippen molar-refractivity contribution in [2.75, 3.05) is 13.1 Å². The molecule has 0 aromatic heterocycles. The third kappa shape index (κ3) is 5.54. The Hall–Kier alpha value is -1.92. The number of carbonyl (C=O) groups excluding carboxylic acids is 2. The van der Waals surface area contributed by atoms with E-state index in [-0.39, 0.29) is 24.8 Å². The number of β-amino-alcohol motifs (C(OH)–C–C–N with tert-alkyl or cyclic N) is 1. The highest BCUT2D eigenvalue weighted by molar-refractivity contribution is 6.29. The molecule has 1 fully saturated rings. The molecular weight excluding hydrogens is 354 g/mol. The highest BCUT2D eigenvalue weighted by atomic mass is 35.5. The van der Waals surface area contributed by atoms with Crippen molar-refractivity contribution in [1.82, 2.24) is 10.2 Å². The summed E-state index contributed by atoms with van der Waals surface area (Å²) in [5.41, 5.74) is 1.02. The van der Waals surface area contributed by atoms with Crippen LogP contribution >= 0.6 is 11.6 Å². The van der Waals surface area contributed by atoms with Crippen LogP contribution < -0.4 is 5.32 Å². The summed E-state index contributed by atoms with van der Waals surface area (Å²) in [6, 6.07) is -1.18. The zero-order chi connectivity index (χ0) is 19.1. The fourth-order valence-corrected chi connectivity index (χ4v) is 3.06. The van der Waals surface area contributed by atoms with Gasteiger partial charge in [-0.2, -0.15) is 0 Å². The number of aliphatic hydroxyl groups excluding tert-OH is 1. The first-order valence-electron chi connectivity index (χ1n) is 8.88. The maximum Gasteiger partial charge on any atom is 0.248 e. The number of allylic oxidation sites excluding steroid dienone is 4. The van der Waals surface area contributed by atoms with E-state index in [4.69, 9.17) is 11.6 Å². The van der Waals surface area contributed by atoms with Crippen LogP contribution in [0.1, 0.15) is 33.1 Å². The fraction of sp³-hybridized carbons (Fsp3) is 0.526. The molecule has 1 unspecified atom stereocenters. The molecule has 0 radical (unpaired) electrons. The highest BCUT2D eigenvalue weighted by Gasteiger charge is 2.40. The quantitative estimate of drug-likeness (QED) is 0.692. The Labute approximate surface area is 159 Å². The van der Waals surface area contributed by atoms with Crippen LogP contribution in [0.25, 0.3) is 0 Å². The molecule has 2 aliphatic rings. The van der Waals surface area contributed by atoms with Gasteiger partial charge in [-0.1, -0.05) is 36.2 Å². The molecular formula is C19H26ClN3O3. The summed E-state index contributed by atoms with van der Waals surface area (Å²) in [7, 11) is 0. The summed E-state index contributed by atoms with van der Waals surface area (Å²) in [4.78, 5) is 30.9. The second-order valence-electron chi connectivity index (χ2n) is 6.52. The van der Waals surface area contributed by atoms with Crippen molar-refractivity contribution >= 4 is 29.6 Å². The standard InChI is InChI=1S/C19H26ClN3O3/c1-3-14(8-7-13(2)20)11-22-18(25)17-10-15(24)12-23(17)19(26)16-6-4-5-9-21-16/h4-5,7-9,15-17,24H,3,6,10-12H2,1-2H3,(H,22,25)/b13-7+,14-8+/t15-,16?,17+/m1/s1. The van der Waals surface area contributed by atoms with Crippen LogP contribution in [-0.4, -0.2) is 59.3 Å². The van der Waals surface area contributed by atoms with Gasteiger partial charge in [0, 0.05) is 30.8 Å². The van der Waals surface area contributed by atoms with Crippen LogP contribution in [0.15, 0.2) is 39.9 Å². The van der Waals surface area contributed by atoms with Gasteiger partial charge in [-0.25, -0.2) is 0 Å². The number of amides is 2. The molecule has 0 bridgehead atoms. The van der Waals surface area contributed by atoms with Crippen LogP contribution in [-0.2, 0) is 9.59 Å². The van der Waals surface area contributed by atoms with Gasteiger partial charge in [0.2, 0.25) is 11.8 Å². The third-order valence-electron chi connectivity index (χ3n) is 4.49. The van der Waals surface area contributed by atoms with Crippen LogP contribution in [0, 0.1) is 0 Å². The zero-order valence-electron chi connectivity index (χ0n) is 15.2. The van der Waals surface area contributed by atoms with E-state index in [9.17, 15) is 14.7 Å². The number of nitrogens with zero attached hydrogens (tertiary/aromatic N) is 2. The largest absolute Gasteiger partial charge is 0.391 e. The molecule has 1 saturated heterocycles. The molecule has 2 N–H and O–H groups in total. The van der Waals surface area contributed by atoms with Gasteiger partial charge in [-0.05, 0) is 31.9 Å². The number of hydrogen-bond acceptors (Lipinski definition) is 4. The van der Waals surface area contributed by atoms with Gasteiger partial charge in [0.15, 0.2) is 0 Å². The normalized spacial score (nSPS) is 26.3. The molecule has 3 atom stereocenters. The monoisotopic (exact) mass is 379 g/mol. The lowest BCUT2D eigenvalue weighted by molar-refractivity contribution is -0.139. The number of likely N-dealkylation sites (tertiary alicyclic amines) is 1. The number of hydrogen-bond donors (Lipinski definition) is 2. The van der Waals surface area contributed by atoms with E-state index < -0.39 is 18.2 Å². The second-order valence-corrected chi connectivity index (χ2v) is 7.12. The van der Waals surface area contributed by atoms with Crippen molar-refractivity contribution in [3.8, 4) is 0 Å². The number of nitrogens with one attached hydrogen (secondary N) is 1. The Bertz CT molecular complexity index is 650. The van der Waals surface area contributed by atoms with Crippen molar-refractivity contribution in [2.45, 2.75) is 51.3 Å². The Morgan fingerprint density at radius 2 is 2.19 bits per heavy atom. The first-order valence-corrected chi connectivity index (χ1v) is 9.26. The number of carbonyl (C=O) groups is 2. The van der Waals surface area contributed by atoms with Crippen molar-refractivity contribution in [1.29, 1.82) is 0 Å². The van der Waals surface area contributed by atoms with Crippen molar-refractivity contribution in [3.63, 3.8) is 0 Å². The Balaban J connectivity index is 2.00. The average molecular weight is 380 g/mol. The van der Waals surface area contributed by atoms with E-state index in [1.807, 2.05) is 19.1 Å². The Kier molecular flexibility index (Phi) is 7.60. The van der Waals surface area contributed by atoms with Gasteiger partial charge < -0.3 is 15.3 Å². The summed E-state index contributed by atoms with van der Waals surface area (Å²) < 4.78 is 0. The number of aliphatic imine (C=N–C) groups is 1. The Morgan fingerprint density at radius 1 is 1.42 bits per heavy atom. The maximum absolute atomic E-state index is 12.7. The van der Waals surface area contributed by atoms with Crippen molar-refractivity contribution < 1.29 is 14.7 Å². The predicted molar refractivity (Wildman–Crippen MR) is 103 cm³/mol. The number of halogens is 1. The van der Waals surface area contributed by atoms with Crippen molar-refractivity contribution in [3.05, 3.63) is 34.9 Å². The van der Waals surface area contributed by atoms with E-state index in [0.29, 0.717) is 18.0 Å². The van der Waals surface area contributed by atoms with E-state index in [1.54, 1.807) is 25.3 Å². The molecule has 0 aliphatic carbocycles. The van der Waals surface area contributed by atoms with E-state index in [1.165, 1.54) is 4.90 Å². The lowest BCUT2D eigenvalue weighted by Crippen LogP contribution is -2.49. The van der Waals surface area contributed by atoms with E-state index in [0.717, 1.165) is 12.0 Å². The minimum Gasteiger partial charge on any atom is -0.391 e. The summed E-state index contributed by atoms with van der Waals surface area (Å²) in [5, 5.41) is 13.5. The van der Waals surface area contributed by atoms with Crippen molar-refractivity contribution in [2.24, 2.45) is 4.99 Å². The van der Waals surface area contributed by atoms with Gasteiger partial charge in [0.25, 0.3) is 0 Å². The summed E-state index contributed by atoms with van der Waals surface area (Å²) in [6.45, 7) is 4.33. The van der Waals surface area contributed by atoms with Gasteiger partial charge in [-0.15, -0.1) is 0 Å². The predicted octanol–water partition coefficient (Wildman–Crippen LogP) is 1.94. The van der Waals surface area contributed by atoms with Crippen LogP contribution in [0.3, 0.4) is 0 Å². The van der Waals surface area contributed by atoms with Crippen LogP contribution in [0.5, 0.6) is 0 Å². The third-order valence-corrected chi connectivity index (χ3v) is 4.62. The number of rotatable bonds is 6. The van der Waals surface area contributed by atoms with Crippen LogP contribution in [0.4, 0.5) is 0 Å². The summed E-state index contributed by atoms with van der Waals surface area (Å²) in [5.74, 6) is -0.467. The zero-order valence-corrected chi connectivity index (χ0v) is 15.9. The lowest BCUT2D eigenvalue weighted by atomic mass is 10.1. The smallest absolute Gasteiger partial charge is 0.248 e. The molecule has 0 saturated carbocycles. The molecule has 2 rings (SSSR count). The fourth-order valence-electron chi connectivity index (χ4n) is 3.00. The molecule has 0 aromatic carbocycles. The van der Waals surface area contributed by atoms with Crippen LogP contribution in [0.2, 0.25) is 0 Å². The minimum absolute atomic E-state index is 0.164. The number of aliphatic hydroxyl groups is 1. The molecule has 2 heterocycles. The summed E-state index contributed by atoms with van der Waals surface area (Å²) in [6.07, 6.45) is 9.79. The first kappa shape index (κ1) is 20.4. The molecule has 0 spiro atoms. The lowest BCUT2D eigenvalue weighted by Gasteiger charge is -2.26. The SMILES string of the molecule is CC/C(=C\C=C(/C)Cl)CNC(=O)[C@@H]1C[C@@H](O)CN1C(=O)C1CC=CC=N1. The first-order chi connectivity index (χ1) is 12.4. The van der Waals surface area contributed by atoms with Gasteiger partial charge in [0.1, 0.15) is 12.1 Å². The second kappa shape index (κ2) is 9.69. The average Bonchev–Trinajstić information content (AvgIpc) is 3.03. The van der Waals surface area contributed by atoms with E-state index >= 15 is 0 Å². The molecule has 2 amide bonds. The molecule has 0 aromatic rings.